The Labute approximate surface area is 216 Å². The second-order valence-electron chi connectivity index (χ2n) is 10.2. The Kier molecular flexibility index (Phi) is 9.15. The lowest BCUT2D eigenvalue weighted by atomic mass is 9.85. The van der Waals surface area contributed by atoms with Crippen molar-refractivity contribution in [3.63, 3.8) is 0 Å². The second kappa shape index (κ2) is 12.1. The van der Waals surface area contributed by atoms with E-state index in [-0.39, 0.29) is 55.1 Å². The number of pyridine rings is 1. The van der Waals surface area contributed by atoms with Crippen molar-refractivity contribution >= 4 is 29.1 Å². The van der Waals surface area contributed by atoms with Crippen LogP contribution in [0.15, 0.2) is 59.4 Å². The van der Waals surface area contributed by atoms with Crippen molar-refractivity contribution in [1.82, 2.24) is 15.0 Å². The van der Waals surface area contributed by atoms with Crippen LogP contribution in [0.2, 0.25) is 5.02 Å². The average Bonchev–Trinajstić information content (AvgIpc) is 3.22. The fourth-order valence-electron chi connectivity index (χ4n) is 4.02. The van der Waals surface area contributed by atoms with Gasteiger partial charge in [0.1, 0.15) is 17.6 Å². The van der Waals surface area contributed by atoms with E-state index in [9.17, 15) is 14.4 Å². The van der Waals surface area contributed by atoms with Gasteiger partial charge in [0.15, 0.2) is 5.78 Å². The van der Waals surface area contributed by atoms with Crippen LogP contribution in [0.1, 0.15) is 68.7 Å². The molecule has 1 aromatic carbocycles. The van der Waals surface area contributed by atoms with Crippen LogP contribution in [0, 0.1) is 12.3 Å². The first-order valence-corrected chi connectivity index (χ1v) is 12.3. The molecule has 0 spiro atoms. The lowest BCUT2D eigenvalue weighted by molar-refractivity contribution is -0.142. The number of aryl methyl sites for hydroxylation is 1. The van der Waals surface area contributed by atoms with Gasteiger partial charge in [-0.05, 0) is 30.0 Å². The summed E-state index contributed by atoms with van der Waals surface area (Å²) in [5.74, 6) is 0.0673. The van der Waals surface area contributed by atoms with Crippen LogP contribution in [-0.2, 0) is 27.3 Å². The molecule has 36 heavy (non-hydrogen) atoms. The smallest absolute Gasteiger partial charge is 0.224 e. The molecule has 7 nitrogen and oxygen atoms in total. The van der Waals surface area contributed by atoms with E-state index < -0.39 is 6.04 Å². The number of benzene rings is 1. The van der Waals surface area contributed by atoms with Gasteiger partial charge in [0, 0.05) is 54.9 Å². The van der Waals surface area contributed by atoms with Gasteiger partial charge in [0.2, 0.25) is 5.91 Å². The SMILES string of the molecule is Cc1cc(CC(=O)CCC(=O)N(Cc2cccnc2)C(C(=O)CC(C)(C)C)c2ccccc2Cl)no1. The number of amides is 1. The van der Waals surface area contributed by atoms with Crippen LogP contribution < -0.4 is 0 Å². The Hall–Kier alpha value is -3.32. The molecule has 2 heterocycles. The monoisotopic (exact) mass is 509 g/mol. The first-order valence-electron chi connectivity index (χ1n) is 11.9. The number of aromatic nitrogens is 2. The summed E-state index contributed by atoms with van der Waals surface area (Å²) >= 11 is 6.53. The summed E-state index contributed by atoms with van der Waals surface area (Å²) in [6, 6.07) is 11.5. The summed E-state index contributed by atoms with van der Waals surface area (Å²) in [6.07, 6.45) is 3.64. The molecule has 8 heteroatoms. The first-order chi connectivity index (χ1) is 17.0. The lowest BCUT2D eigenvalue weighted by Gasteiger charge is -2.33. The van der Waals surface area contributed by atoms with Gasteiger partial charge in [-0.2, -0.15) is 0 Å². The number of nitrogens with zero attached hydrogens (tertiary/aromatic N) is 3. The molecule has 2 aromatic heterocycles. The summed E-state index contributed by atoms with van der Waals surface area (Å²) in [6.45, 7) is 7.85. The molecule has 1 amide bonds. The van der Waals surface area contributed by atoms with Crippen molar-refractivity contribution in [2.75, 3.05) is 0 Å². The Morgan fingerprint density at radius 1 is 1.08 bits per heavy atom. The quantitative estimate of drug-likeness (QED) is 0.329. The largest absolute Gasteiger partial charge is 0.361 e. The van der Waals surface area contributed by atoms with E-state index in [1.165, 1.54) is 4.90 Å². The Morgan fingerprint density at radius 2 is 1.83 bits per heavy atom. The number of halogens is 1. The van der Waals surface area contributed by atoms with Crippen LogP contribution in [0.3, 0.4) is 0 Å². The maximum absolute atomic E-state index is 13.7. The number of carbonyl (C=O) groups is 3. The van der Waals surface area contributed by atoms with Gasteiger partial charge in [-0.1, -0.05) is 61.8 Å². The predicted molar refractivity (Wildman–Crippen MR) is 137 cm³/mol. The zero-order valence-corrected chi connectivity index (χ0v) is 21.9. The lowest BCUT2D eigenvalue weighted by Crippen LogP contribution is -2.40. The number of carbonyl (C=O) groups excluding carboxylic acids is 3. The molecule has 0 aliphatic rings. The molecule has 1 unspecified atom stereocenters. The molecular weight excluding hydrogens is 478 g/mol. The van der Waals surface area contributed by atoms with E-state index in [0.717, 1.165) is 5.56 Å². The summed E-state index contributed by atoms with van der Waals surface area (Å²) in [4.78, 5) is 45.6. The maximum atomic E-state index is 13.7. The molecular formula is C28H32ClN3O4. The van der Waals surface area contributed by atoms with Crippen molar-refractivity contribution in [2.45, 2.75) is 66.0 Å². The maximum Gasteiger partial charge on any atom is 0.224 e. The Bertz CT molecular complexity index is 1200. The minimum Gasteiger partial charge on any atom is -0.361 e. The topological polar surface area (TPSA) is 93.4 Å². The third kappa shape index (κ3) is 7.85. The molecule has 0 aliphatic heterocycles. The fourth-order valence-corrected chi connectivity index (χ4v) is 4.26. The molecule has 3 rings (SSSR count). The first kappa shape index (κ1) is 27.3. The highest BCUT2D eigenvalue weighted by Gasteiger charge is 2.34. The molecule has 0 bridgehead atoms. The van der Waals surface area contributed by atoms with Gasteiger partial charge in [0.25, 0.3) is 0 Å². The van der Waals surface area contributed by atoms with Crippen LogP contribution >= 0.6 is 11.6 Å². The molecule has 0 radical (unpaired) electrons. The van der Waals surface area contributed by atoms with Crippen molar-refractivity contribution in [1.29, 1.82) is 0 Å². The highest BCUT2D eigenvalue weighted by molar-refractivity contribution is 6.31. The molecule has 1 atom stereocenters. The van der Waals surface area contributed by atoms with Gasteiger partial charge in [-0.15, -0.1) is 0 Å². The Balaban J connectivity index is 1.90. The summed E-state index contributed by atoms with van der Waals surface area (Å²) in [7, 11) is 0. The van der Waals surface area contributed by atoms with Gasteiger partial charge >= 0.3 is 0 Å². The molecule has 3 aromatic rings. The van der Waals surface area contributed by atoms with Crippen LogP contribution in [-0.4, -0.2) is 32.5 Å². The van der Waals surface area contributed by atoms with E-state index in [2.05, 4.69) is 10.1 Å². The van der Waals surface area contributed by atoms with E-state index in [0.29, 0.717) is 22.0 Å². The van der Waals surface area contributed by atoms with E-state index in [4.69, 9.17) is 16.1 Å². The number of ketones is 2. The van der Waals surface area contributed by atoms with Crippen molar-refractivity contribution in [3.05, 3.63) is 82.5 Å². The minimum absolute atomic E-state index is 0.0248. The second-order valence-corrected chi connectivity index (χ2v) is 10.6. The number of Topliss-reactive ketones (excluding diaryl/α,β-unsaturated/α-hetero) is 2. The average molecular weight is 510 g/mol. The van der Waals surface area contributed by atoms with Crippen LogP contribution in [0.4, 0.5) is 0 Å². The third-order valence-electron chi connectivity index (χ3n) is 5.59. The molecule has 0 saturated carbocycles. The molecule has 0 fully saturated rings. The number of rotatable bonds is 11. The zero-order valence-electron chi connectivity index (χ0n) is 21.2. The standard InChI is InChI=1S/C28H32ClN3O4/c1-19-14-21(31-36-19)15-22(33)11-12-26(35)32(18-20-8-7-13-30-17-20)27(25(34)16-28(2,3)4)23-9-5-6-10-24(23)29/h5-10,13-14,17,27H,11-12,15-16,18H2,1-4H3. The minimum atomic E-state index is -0.890. The summed E-state index contributed by atoms with van der Waals surface area (Å²) in [5.41, 5.74) is 1.59. The van der Waals surface area contributed by atoms with Crippen molar-refractivity contribution in [3.8, 4) is 0 Å². The van der Waals surface area contributed by atoms with Crippen molar-refractivity contribution in [2.24, 2.45) is 5.41 Å². The van der Waals surface area contributed by atoms with Crippen LogP contribution in [0.25, 0.3) is 0 Å². The van der Waals surface area contributed by atoms with Gasteiger partial charge < -0.3 is 9.42 Å². The molecule has 190 valence electrons. The summed E-state index contributed by atoms with van der Waals surface area (Å²) < 4.78 is 5.02. The zero-order chi connectivity index (χ0) is 26.3. The summed E-state index contributed by atoms with van der Waals surface area (Å²) in [5, 5.41) is 4.26. The van der Waals surface area contributed by atoms with Crippen molar-refractivity contribution < 1.29 is 18.9 Å². The van der Waals surface area contributed by atoms with Gasteiger partial charge in [-0.3, -0.25) is 19.4 Å². The normalized spacial score (nSPS) is 12.2. The number of hydrogen-bond acceptors (Lipinski definition) is 6. The predicted octanol–water partition coefficient (Wildman–Crippen LogP) is 5.70. The molecule has 0 saturated heterocycles. The number of hydrogen-bond donors (Lipinski definition) is 0. The highest BCUT2D eigenvalue weighted by Crippen LogP contribution is 2.34. The van der Waals surface area contributed by atoms with Crippen LogP contribution in [0.5, 0.6) is 0 Å². The van der Waals surface area contributed by atoms with Gasteiger partial charge in [-0.25, -0.2) is 0 Å². The third-order valence-corrected chi connectivity index (χ3v) is 5.93. The molecule has 0 aliphatic carbocycles. The van der Waals surface area contributed by atoms with E-state index in [1.54, 1.807) is 55.7 Å². The van der Waals surface area contributed by atoms with Gasteiger partial charge in [0.05, 0.1) is 12.1 Å². The molecule has 0 N–H and O–H groups in total. The Morgan fingerprint density at radius 3 is 2.44 bits per heavy atom. The fraction of sp³-hybridized carbons (Fsp3) is 0.393. The van der Waals surface area contributed by atoms with E-state index >= 15 is 0 Å². The highest BCUT2D eigenvalue weighted by atomic mass is 35.5. The van der Waals surface area contributed by atoms with E-state index in [1.807, 2.05) is 26.8 Å².